The third-order valence-corrected chi connectivity index (χ3v) is 3.35. The molecule has 4 nitrogen and oxygen atoms in total. The van der Waals surface area contributed by atoms with Crippen molar-refractivity contribution in [2.24, 2.45) is 5.92 Å². The van der Waals surface area contributed by atoms with E-state index in [1.807, 2.05) is 6.08 Å². The van der Waals surface area contributed by atoms with E-state index in [1.165, 1.54) is 17.0 Å². The van der Waals surface area contributed by atoms with E-state index in [0.29, 0.717) is 12.1 Å². The lowest BCUT2D eigenvalue weighted by atomic mass is 10.0. The van der Waals surface area contributed by atoms with Crippen LogP contribution in [0.15, 0.2) is 36.9 Å². The molecule has 4 heteroatoms. The van der Waals surface area contributed by atoms with Gasteiger partial charge in [-0.2, -0.15) is 0 Å². The number of carbonyl (C=O) groups is 1. The Morgan fingerprint density at radius 1 is 1.35 bits per heavy atom. The van der Waals surface area contributed by atoms with Crippen LogP contribution in [0.3, 0.4) is 0 Å². The van der Waals surface area contributed by atoms with Crippen molar-refractivity contribution in [1.29, 1.82) is 0 Å². The van der Waals surface area contributed by atoms with Gasteiger partial charge in [0.2, 0.25) is 5.91 Å². The highest BCUT2D eigenvalue weighted by molar-refractivity contribution is 5.94. The van der Waals surface area contributed by atoms with Gasteiger partial charge in [0, 0.05) is 12.7 Å². The summed E-state index contributed by atoms with van der Waals surface area (Å²) < 4.78 is 0. The molecule has 2 N–H and O–H groups in total. The standard InChI is InChI=1S/C16H23NO3/c1-3-4-5-6-7-13(12-18)16(20)17(2)14-8-10-15(19)11-9-14/h3,8-11,13,18-19H,1,4-7,12H2,2H3. The van der Waals surface area contributed by atoms with Gasteiger partial charge in [-0.15, -0.1) is 6.58 Å². The van der Waals surface area contributed by atoms with Crippen LogP contribution in [0.5, 0.6) is 5.75 Å². The van der Waals surface area contributed by atoms with Gasteiger partial charge in [-0.05, 0) is 43.5 Å². The number of anilines is 1. The molecular weight excluding hydrogens is 254 g/mol. The Morgan fingerprint density at radius 2 is 2.00 bits per heavy atom. The van der Waals surface area contributed by atoms with E-state index in [1.54, 1.807) is 19.2 Å². The highest BCUT2D eigenvalue weighted by Crippen LogP contribution is 2.20. The lowest BCUT2D eigenvalue weighted by Gasteiger charge is -2.22. The second-order valence-electron chi connectivity index (χ2n) is 4.87. The molecule has 1 aromatic carbocycles. The fourth-order valence-corrected chi connectivity index (χ4v) is 2.05. The molecule has 0 aliphatic rings. The zero-order chi connectivity index (χ0) is 15.0. The molecule has 0 fully saturated rings. The zero-order valence-electron chi connectivity index (χ0n) is 12.0. The lowest BCUT2D eigenvalue weighted by molar-refractivity contribution is -0.123. The van der Waals surface area contributed by atoms with Crippen LogP contribution in [-0.4, -0.2) is 29.8 Å². The highest BCUT2D eigenvalue weighted by atomic mass is 16.3. The van der Waals surface area contributed by atoms with Crippen LogP contribution < -0.4 is 4.90 Å². The first-order valence-electron chi connectivity index (χ1n) is 6.88. The van der Waals surface area contributed by atoms with Crippen molar-refractivity contribution in [1.82, 2.24) is 0 Å². The maximum atomic E-state index is 12.3. The average molecular weight is 277 g/mol. The van der Waals surface area contributed by atoms with E-state index in [0.717, 1.165) is 19.3 Å². The Bertz CT molecular complexity index is 428. The first-order chi connectivity index (χ1) is 9.60. The largest absolute Gasteiger partial charge is 0.508 e. The molecule has 0 aliphatic carbocycles. The van der Waals surface area contributed by atoms with Crippen LogP contribution >= 0.6 is 0 Å². The minimum absolute atomic E-state index is 0.100. The molecule has 0 saturated carbocycles. The van der Waals surface area contributed by atoms with Crippen LogP contribution in [0.2, 0.25) is 0 Å². The first-order valence-corrected chi connectivity index (χ1v) is 6.88. The van der Waals surface area contributed by atoms with Crippen molar-refractivity contribution >= 4 is 11.6 Å². The van der Waals surface area contributed by atoms with Gasteiger partial charge in [-0.3, -0.25) is 4.79 Å². The molecule has 0 aliphatic heterocycles. The molecule has 0 spiro atoms. The molecule has 0 saturated heterocycles. The highest BCUT2D eigenvalue weighted by Gasteiger charge is 2.21. The number of phenolic OH excluding ortho intramolecular Hbond substituents is 1. The van der Waals surface area contributed by atoms with E-state index in [2.05, 4.69) is 6.58 Å². The average Bonchev–Trinajstić information content (AvgIpc) is 2.47. The van der Waals surface area contributed by atoms with Gasteiger partial charge in [0.1, 0.15) is 5.75 Å². The van der Waals surface area contributed by atoms with Gasteiger partial charge in [0.25, 0.3) is 0 Å². The predicted molar refractivity (Wildman–Crippen MR) is 80.8 cm³/mol. The summed E-state index contributed by atoms with van der Waals surface area (Å²) in [7, 11) is 1.68. The van der Waals surface area contributed by atoms with Crippen molar-refractivity contribution in [2.75, 3.05) is 18.6 Å². The summed E-state index contributed by atoms with van der Waals surface area (Å²) in [6.45, 7) is 3.52. The topological polar surface area (TPSA) is 60.8 Å². The van der Waals surface area contributed by atoms with Crippen molar-refractivity contribution in [3.8, 4) is 5.75 Å². The van der Waals surface area contributed by atoms with Crippen molar-refractivity contribution < 1.29 is 15.0 Å². The van der Waals surface area contributed by atoms with Crippen molar-refractivity contribution in [2.45, 2.75) is 25.7 Å². The Labute approximate surface area is 120 Å². The maximum absolute atomic E-state index is 12.3. The Hall–Kier alpha value is -1.81. The van der Waals surface area contributed by atoms with Gasteiger partial charge in [-0.25, -0.2) is 0 Å². The number of aliphatic hydroxyl groups excluding tert-OH is 1. The number of hydrogen-bond acceptors (Lipinski definition) is 3. The summed E-state index contributed by atoms with van der Waals surface area (Å²) in [6, 6.07) is 6.44. The number of allylic oxidation sites excluding steroid dienone is 1. The number of aromatic hydroxyl groups is 1. The summed E-state index contributed by atoms with van der Waals surface area (Å²) in [5.41, 5.74) is 0.706. The summed E-state index contributed by atoms with van der Waals surface area (Å²) >= 11 is 0. The number of hydrogen-bond donors (Lipinski definition) is 2. The molecule has 0 aromatic heterocycles. The van der Waals surface area contributed by atoms with E-state index >= 15 is 0 Å². The number of benzene rings is 1. The quantitative estimate of drug-likeness (QED) is 0.567. The fourth-order valence-electron chi connectivity index (χ4n) is 2.05. The molecule has 1 rings (SSSR count). The second kappa shape index (κ2) is 8.38. The fraction of sp³-hybridized carbons (Fsp3) is 0.438. The smallest absolute Gasteiger partial charge is 0.232 e. The predicted octanol–water partition coefficient (Wildman–Crippen LogP) is 2.71. The summed E-state index contributed by atoms with van der Waals surface area (Å²) in [5.74, 6) is -0.312. The minimum atomic E-state index is -0.376. The first kappa shape index (κ1) is 16.2. The van der Waals surface area contributed by atoms with E-state index in [9.17, 15) is 15.0 Å². The summed E-state index contributed by atoms with van der Waals surface area (Å²) in [5, 5.41) is 18.6. The van der Waals surface area contributed by atoms with Crippen LogP contribution in [-0.2, 0) is 4.79 Å². The number of aliphatic hydroxyl groups is 1. The number of carbonyl (C=O) groups excluding carboxylic acids is 1. The molecule has 20 heavy (non-hydrogen) atoms. The van der Waals surface area contributed by atoms with E-state index < -0.39 is 0 Å². The number of phenols is 1. The van der Waals surface area contributed by atoms with Crippen LogP contribution in [0, 0.1) is 5.92 Å². The summed E-state index contributed by atoms with van der Waals surface area (Å²) in [4.78, 5) is 13.8. The SMILES string of the molecule is C=CCCCCC(CO)C(=O)N(C)c1ccc(O)cc1. The van der Waals surface area contributed by atoms with Gasteiger partial charge >= 0.3 is 0 Å². The van der Waals surface area contributed by atoms with Crippen molar-refractivity contribution in [3.63, 3.8) is 0 Å². The van der Waals surface area contributed by atoms with E-state index in [4.69, 9.17) is 0 Å². The Kier molecular flexibility index (Phi) is 6.81. The second-order valence-corrected chi connectivity index (χ2v) is 4.87. The van der Waals surface area contributed by atoms with Gasteiger partial charge < -0.3 is 15.1 Å². The zero-order valence-corrected chi connectivity index (χ0v) is 12.0. The molecule has 0 bridgehead atoms. The molecule has 0 heterocycles. The molecule has 1 unspecified atom stereocenters. The van der Waals surface area contributed by atoms with Gasteiger partial charge in [0.05, 0.1) is 12.5 Å². The maximum Gasteiger partial charge on any atom is 0.232 e. The monoisotopic (exact) mass is 277 g/mol. The Balaban J connectivity index is 2.60. The molecule has 1 amide bonds. The number of nitrogens with zero attached hydrogens (tertiary/aromatic N) is 1. The minimum Gasteiger partial charge on any atom is -0.508 e. The molecular formula is C16H23NO3. The van der Waals surface area contributed by atoms with E-state index in [-0.39, 0.29) is 24.2 Å². The van der Waals surface area contributed by atoms with Gasteiger partial charge in [0.15, 0.2) is 0 Å². The summed E-state index contributed by atoms with van der Waals surface area (Å²) in [6.07, 6.45) is 5.34. The van der Waals surface area contributed by atoms with Crippen LogP contribution in [0.1, 0.15) is 25.7 Å². The number of unbranched alkanes of at least 4 members (excludes halogenated alkanes) is 2. The van der Waals surface area contributed by atoms with Crippen molar-refractivity contribution in [3.05, 3.63) is 36.9 Å². The molecule has 1 atom stereocenters. The number of amides is 1. The third kappa shape index (κ3) is 4.70. The Morgan fingerprint density at radius 3 is 2.55 bits per heavy atom. The third-order valence-electron chi connectivity index (χ3n) is 3.35. The number of rotatable bonds is 8. The van der Waals surface area contributed by atoms with Gasteiger partial charge in [-0.1, -0.05) is 12.5 Å². The van der Waals surface area contributed by atoms with Crippen LogP contribution in [0.4, 0.5) is 5.69 Å². The van der Waals surface area contributed by atoms with Crippen LogP contribution in [0.25, 0.3) is 0 Å². The molecule has 0 radical (unpaired) electrons. The molecule has 1 aromatic rings. The normalized spacial score (nSPS) is 11.9. The lowest BCUT2D eigenvalue weighted by Crippen LogP contribution is -2.34. The molecule has 110 valence electrons.